The molecule has 13 heteroatoms. The molecule has 1 aliphatic carbocycles. The molecular weight excluding hydrogens is 635 g/mol. The minimum absolute atomic E-state index is 0.105. The lowest BCUT2D eigenvalue weighted by Crippen LogP contribution is -2.23. The largest absolute Gasteiger partial charge is 0.421 e. The number of nitrogens with one attached hydrogen (secondary N) is 1. The molecule has 2 saturated heterocycles. The molecule has 5 aromatic heterocycles. The molecule has 2 unspecified atom stereocenters. The Morgan fingerprint density at radius 1 is 1.06 bits per heavy atom. The van der Waals surface area contributed by atoms with Crippen LogP contribution in [0.4, 0.5) is 5.82 Å². The van der Waals surface area contributed by atoms with Crippen LogP contribution in [0.15, 0.2) is 46.0 Å². The van der Waals surface area contributed by atoms with Gasteiger partial charge in [-0.1, -0.05) is 6.07 Å². The van der Waals surface area contributed by atoms with Gasteiger partial charge in [-0.05, 0) is 86.4 Å². The van der Waals surface area contributed by atoms with Gasteiger partial charge in [0.2, 0.25) is 21.8 Å². The normalized spacial score (nSPS) is 22.1. The fraction of sp³-hybridized carbons (Fsp3) is 0.441. The van der Waals surface area contributed by atoms with Crippen LogP contribution in [-0.2, 0) is 27.6 Å². The number of aromatic nitrogens is 5. The quantitative estimate of drug-likeness (QED) is 0.207. The van der Waals surface area contributed by atoms with E-state index >= 15 is 0 Å². The van der Waals surface area contributed by atoms with Gasteiger partial charge in [0.15, 0.2) is 0 Å². The molecule has 1 N–H and O–H groups in total. The molecule has 0 radical (unpaired) electrons. The van der Waals surface area contributed by atoms with E-state index in [9.17, 15) is 8.42 Å². The smallest absolute Gasteiger partial charge is 0.250 e. The topological polar surface area (TPSA) is 136 Å². The highest BCUT2D eigenvalue weighted by Gasteiger charge is 2.49. The maximum Gasteiger partial charge on any atom is 0.250 e. The number of hydrogen-bond donors (Lipinski definition) is 1. The van der Waals surface area contributed by atoms with Crippen molar-refractivity contribution < 1.29 is 17.6 Å². The molecule has 0 spiro atoms. The Balaban J connectivity index is 1.23. The molecule has 8 heterocycles. The van der Waals surface area contributed by atoms with Crippen LogP contribution >= 0.6 is 11.3 Å². The van der Waals surface area contributed by atoms with Crippen LogP contribution < -0.4 is 5.32 Å². The van der Waals surface area contributed by atoms with E-state index in [0.717, 1.165) is 90.3 Å². The van der Waals surface area contributed by atoms with E-state index in [4.69, 9.17) is 19.1 Å². The second-order valence-electron chi connectivity index (χ2n) is 13.0. The monoisotopic (exact) mass is 669 g/mol. The first kappa shape index (κ1) is 29.4. The molecule has 5 aromatic rings. The van der Waals surface area contributed by atoms with Gasteiger partial charge >= 0.3 is 0 Å². The second kappa shape index (κ2) is 11.4. The maximum atomic E-state index is 14.4. The standard InChI is InChI=1S/C34H35N7O4S2/c1-19-39-40-34(45-19)28-25(7-6-20-11-16-44-17-12-20)37-30-26-5-3-15-41(26)47(42,43)32(30)29(28)27-18-21-10-14-36-33(31(21)46-27)38-24-9-8-23-22(24)4-2-13-35-23/h2,4,10,13-14,18,20,24,26H,3,5-9,11-12,15-17H2,1H3,(H,36,38). The molecule has 4 aliphatic rings. The first-order valence-electron chi connectivity index (χ1n) is 16.5. The van der Waals surface area contributed by atoms with Gasteiger partial charge in [0, 0.05) is 55.2 Å². The van der Waals surface area contributed by atoms with E-state index in [0.29, 0.717) is 47.5 Å². The van der Waals surface area contributed by atoms with Gasteiger partial charge in [0.25, 0.3) is 0 Å². The minimum atomic E-state index is -3.80. The van der Waals surface area contributed by atoms with Gasteiger partial charge in [0.1, 0.15) is 10.7 Å². The Hall–Kier alpha value is -3.78. The summed E-state index contributed by atoms with van der Waals surface area (Å²) in [6.07, 6.45) is 10.7. The lowest BCUT2D eigenvalue weighted by molar-refractivity contribution is 0.0639. The van der Waals surface area contributed by atoms with E-state index in [1.54, 1.807) is 22.6 Å². The van der Waals surface area contributed by atoms with Crippen molar-refractivity contribution >= 4 is 37.3 Å². The highest BCUT2D eigenvalue weighted by Crippen LogP contribution is 2.53. The summed E-state index contributed by atoms with van der Waals surface area (Å²) in [5.41, 5.74) is 5.05. The van der Waals surface area contributed by atoms with Crippen molar-refractivity contribution in [3.8, 4) is 21.9 Å². The molecular formula is C34H35N7O4S2. The number of sulfonamides is 1. The van der Waals surface area contributed by atoms with Crippen LogP contribution in [0.25, 0.3) is 32.0 Å². The number of ether oxygens (including phenoxy) is 1. The van der Waals surface area contributed by atoms with Crippen molar-refractivity contribution in [3.05, 3.63) is 65.2 Å². The Bertz CT molecular complexity index is 2120. The number of thiophene rings is 1. The Morgan fingerprint density at radius 2 is 1.96 bits per heavy atom. The van der Waals surface area contributed by atoms with E-state index in [2.05, 4.69) is 32.6 Å². The van der Waals surface area contributed by atoms with Gasteiger partial charge in [-0.25, -0.2) is 13.4 Å². The third-order valence-corrected chi connectivity index (χ3v) is 13.3. The second-order valence-corrected chi connectivity index (χ2v) is 15.9. The summed E-state index contributed by atoms with van der Waals surface area (Å²) < 4.78 is 43.1. The Kier molecular flexibility index (Phi) is 7.14. The summed E-state index contributed by atoms with van der Waals surface area (Å²) in [5, 5.41) is 13.3. The number of fused-ring (bicyclic) bond motifs is 5. The molecule has 9 rings (SSSR count). The van der Waals surface area contributed by atoms with Crippen molar-refractivity contribution in [2.45, 2.75) is 75.3 Å². The fourth-order valence-corrected chi connectivity index (χ4v) is 11.2. The fourth-order valence-electron chi connectivity index (χ4n) is 7.88. The summed E-state index contributed by atoms with van der Waals surface area (Å²) in [7, 11) is -3.80. The highest BCUT2D eigenvalue weighted by molar-refractivity contribution is 7.89. The predicted octanol–water partition coefficient (Wildman–Crippen LogP) is 6.41. The zero-order valence-electron chi connectivity index (χ0n) is 26.1. The lowest BCUT2D eigenvalue weighted by atomic mass is 9.91. The number of aryl methyl sites for hydroxylation is 3. The molecule has 47 heavy (non-hydrogen) atoms. The average Bonchev–Trinajstić information content (AvgIpc) is 3.92. The van der Waals surface area contributed by atoms with Crippen LogP contribution in [0.5, 0.6) is 0 Å². The number of anilines is 1. The highest BCUT2D eigenvalue weighted by atomic mass is 32.2. The Labute approximate surface area is 276 Å². The molecule has 3 aliphatic heterocycles. The molecule has 0 saturated carbocycles. The van der Waals surface area contributed by atoms with Crippen molar-refractivity contribution in [1.82, 2.24) is 29.5 Å². The van der Waals surface area contributed by atoms with E-state index in [-0.39, 0.29) is 17.0 Å². The number of hydrogen-bond acceptors (Lipinski definition) is 11. The SMILES string of the molecule is Cc1nnc(-c2c(CCC3CCOCC3)nc3c(c2-c2cc4ccnc(NC5CCc6ncccc65)c4s2)S(=O)(=O)N2CCCC32)o1. The van der Waals surface area contributed by atoms with Gasteiger partial charge in [0.05, 0.1) is 33.7 Å². The van der Waals surface area contributed by atoms with Crippen molar-refractivity contribution in [3.63, 3.8) is 0 Å². The molecule has 242 valence electrons. The zero-order valence-corrected chi connectivity index (χ0v) is 27.7. The van der Waals surface area contributed by atoms with E-state index < -0.39 is 10.0 Å². The summed E-state index contributed by atoms with van der Waals surface area (Å²) in [5.74, 6) is 2.03. The van der Waals surface area contributed by atoms with Crippen molar-refractivity contribution in [2.24, 2.45) is 5.92 Å². The number of rotatable bonds is 7. The summed E-state index contributed by atoms with van der Waals surface area (Å²) >= 11 is 1.55. The first-order valence-corrected chi connectivity index (χ1v) is 18.8. The van der Waals surface area contributed by atoms with Crippen LogP contribution in [0.3, 0.4) is 0 Å². The third-order valence-electron chi connectivity index (χ3n) is 10.2. The van der Waals surface area contributed by atoms with Crippen molar-refractivity contribution in [2.75, 3.05) is 25.1 Å². The Morgan fingerprint density at radius 3 is 2.81 bits per heavy atom. The van der Waals surface area contributed by atoms with Crippen LogP contribution in [0.2, 0.25) is 0 Å². The number of nitrogens with zero attached hydrogens (tertiary/aromatic N) is 6. The predicted molar refractivity (Wildman–Crippen MR) is 178 cm³/mol. The maximum absolute atomic E-state index is 14.4. The van der Waals surface area contributed by atoms with Crippen LogP contribution in [0, 0.1) is 12.8 Å². The summed E-state index contributed by atoms with van der Waals surface area (Å²) in [6.45, 7) is 3.80. The summed E-state index contributed by atoms with van der Waals surface area (Å²) in [4.78, 5) is 15.7. The van der Waals surface area contributed by atoms with Crippen LogP contribution in [0.1, 0.15) is 79.1 Å². The van der Waals surface area contributed by atoms with E-state index in [1.165, 1.54) is 5.56 Å². The summed E-state index contributed by atoms with van der Waals surface area (Å²) in [6, 6.07) is 8.03. The van der Waals surface area contributed by atoms with E-state index in [1.807, 2.05) is 24.5 Å². The van der Waals surface area contributed by atoms with Gasteiger partial charge in [-0.15, -0.1) is 21.5 Å². The van der Waals surface area contributed by atoms with Gasteiger partial charge < -0.3 is 14.5 Å². The zero-order chi connectivity index (χ0) is 31.7. The lowest BCUT2D eigenvalue weighted by Gasteiger charge is -2.22. The molecule has 0 bridgehead atoms. The number of pyridine rings is 3. The molecule has 2 atom stereocenters. The third kappa shape index (κ3) is 4.89. The minimum Gasteiger partial charge on any atom is -0.421 e. The molecule has 2 fully saturated rings. The van der Waals surface area contributed by atoms with Crippen molar-refractivity contribution in [1.29, 1.82) is 0 Å². The van der Waals surface area contributed by atoms with Gasteiger partial charge in [-0.2, -0.15) is 4.31 Å². The average molecular weight is 670 g/mol. The van der Waals surface area contributed by atoms with Gasteiger partial charge in [-0.3, -0.25) is 9.97 Å². The molecule has 0 amide bonds. The van der Waals surface area contributed by atoms with Crippen LogP contribution in [-0.4, -0.2) is 57.6 Å². The first-order chi connectivity index (χ1) is 23.0. The molecule has 0 aromatic carbocycles. The molecule has 11 nitrogen and oxygen atoms in total.